The Balaban J connectivity index is 4.77. The molecule has 0 radical (unpaired) electrons. The van der Waals surface area contributed by atoms with Crippen LogP contribution in [0.4, 0.5) is 0 Å². The van der Waals surface area contributed by atoms with Crippen molar-refractivity contribution in [1.82, 2.24) is 4.90 Å². The van der Waals surface area contributed by atoms with Gasteiger partial charge in [-0.05, 0) is 43.7 Å². The second kappa shape index (κ2) is 7.53. The lowest BCUT2D eigenvalue weighted by atomic mass is 9.61. The van der Waals surface area contributed by atoms with Gasteiger partial charge in [0.25, 0.3) is 0 Å². The highest BCUT2D eigenvalue weighted by molar-refractivity contribution is 4.91. The zero-order chi connectivity index (χ0) is 14.4. The van der Waals surface area contributed by atoms with Crippen LogP contribution in [0.2, 0.25) is 0 Å². The first-order chi connectivity index (χ1) is 8.18. The summed E-state index contributed by atoms with van der Waals surface area (Å²) in [5, 5.41) is 0. The van der Waals surface area contributed by atoms with E-state index in [1.165, 1.54) is 38.6 Å². The Hall–Kier alpha value is -0.0400. The molecule has 0 fully saturated rings. The molecule has 0 saturated carbocycles. The van der Waals surface area contributed by atoms with Crippen LogP contribution in [-0.4, -0.2) is 25.5 Å². The second-order valence-electron chi connectivity index (χ2n) is 7.48. The summed E-state index contributed by atoms with van der Waals surface area (Å²) in [6, 6.07) is 0. The Labute approximate surface area is 116 Å². The summed E-state index contributed by atoms with van der Waals surface area (Å²) in [4.78, 5) is 2.34. The number of hydrogen-bond donors (Lipinski definition) is 0. The fourth-order valence-corrected chi connectivity index (χ4v) is 3.10. The summed E-state index contributed by atoms with van der Waals surface area (Å²) in [7, 11) is 4.39. The minimum Gasteiger partial charge on any atom is -0.309 e. The molecule has 0 spiro atoms. The molecule has 0 bridgehead atoms. The summed E-state index contributed by atoms with van der Waals surface area (Å²) in [6.45, 7) is 15.6. The lowest BCUT2D eigenvalue weighted by Crippen LogP contribution is -2.42. The first kappa shape index (κ1) is 18.0. The molecule has 18 heavy (non-hydrogen) atoms. The summed E-state index contributed by atoms with van der Waals surface area (Å²) in [5.41, 5.74) is 0.857. The van der Waals surface area contributed by atoms with Crippen molar-refractivity contribution in [1.29, 1.82) is 0 Å². The Morgan fingerprint density at radius 1 is 1.00 bits per heavy atom. The topological polar surface area (TPSA) is 3.24 Å². The smallest absolute Gasteiger partial charge is 0.00318 e. The van der Waals surface area contributed by atoms with E-state index < -0.39 is 0 Å². The molecule has 0 aromatic heterocycles. The van der Waals surface area contributed by atoms with E-state index in [2.05, 4.69) is 60.5 Å². The van der Waals surface area contributed by atoms with Crippen molar-refractivity contribution in [3.63, 3.8) is 0 Å². The van der Waals surface area contributed by atoms with Crippen molar-refractivity contribution in [2.75, 3.05) is 20.6 Å². The first-order valence-corrected chi connectivity index (χ1v) is 7.83. The molecule has 0 amide bonds. The second-order valence-corrected chi connectivity index (χ2v) is 7.48. The van der Waals surface area contributed by atoms with Gasteiger partial charge in [0.1, 0.15) is 0 Å². The van der Waals surface area contributed by atoms with Gasteiger partial charge in [-0.3, -0.25) is 0 Å². The van der Waals surface area contributed by atoms with E-state index in [9.17, 15) is 0 Å². The first-order valence-electron chi connectivity index (χ1n) is 7.83. The van der Waals surface area contributed by atoms with Gasteiger partial charge in [-0.25, -0.2) is 0 Å². The summed E-state index contributed by atoms with van der Waals surface area (Å²) in [5.74, 6) is 0.872. The minimum absolute atomic E-state index is 0.389. The van der Waals surface area contributed by atoms with Crippen LogP contribution in [0.15, 0.2) is 0 Å². The summed E-state index contributed by atoms with van der Waals surface area (Å²) < 4.78 is 0. The Kier molecular flexibility index (Phi) is 7.51. The molecule has 2 atom stereocenters. The lowest BCUT2D eigenvalue weighted by molar-refractivity contribution is 0.0343. The van der Waals surface area contributed by atoms with Crippen LogP contribution in [-0.2, 0) is 0 Å². The molecule has 2 unspecified atom stereocenters. The summed E-state index contributed by atoms with van der Waals surface area (Å²) >= 11 is 0. The molecule has 0 rings (SSSR count). The van der Waals surface area contributed by atoms with E-state index in [0.717, 1.165) is 5.92 Å². The molecule has 0 aliphatic heterocycles. The van der Waals surface area contributed by atoms with Crippen LogP contribution in [0.3, 0.4) is 0 Å². The van der Waals surface area contributed by atoms with Gasteiger partial charge >= 0.3 is 0 Å². The van der Waals surface area contributed by atoms with Gasteiger partial charge in [0.15, 0.2) is 0 Å². The van der Waals surface area contributed by atoms with Gasteiger partial charge in [-0.15, -0.1) is 0 Å². The van der Waals surface area contributed by atoms with Crippen LogP contribution in [0.1, 0.15) is 73.6 Å². The SMILES string of the molecule is CCCC(C)(CCC(C)CC)C(C)(C)CN(C)C. The fraction of sp³-hybridized carbons (Fsp3) is 1.00. The molecule has 0 heterocycles. The molecular weight excluding hydrogens is 218 g/mol. The van der Waals surface area contributed by atoms with Gasteiger partial charge in [0, 0.05) is 6.54 Å². The van der Waals surface area contributed by atoms with Crippen LogP contribution in [0, 0.1) is 16.7 Å². The maximum absolute atomic E-state index is 2.52. The van der Waals surface area contributed by atoms with Crippen molar-refractivity contribution < 1.29 is 0 Å². The van der Waals surface area contributed by atoms with Crippen molar-refractivity contribution in [3.05, 3.63) is 0 Å². The highest BCUT2D eigenvalue weighted by Gasteiger charge is 2.40. The van der Waals surface area contributed by atoms with Crippen LogP contribution < -0.4 is 0 Å². The highest BCUT2D eigenvalue weighted by atomic mass is 15.1. The van der Waals surface area contributed by atoms with Crippen LogP contribution in [0.5, 0.6) is 0 Å². The highest BCUT2D eigenvalue weighted by Crippen LogP contribution is 2.47. The van der Waals surface area contributed by atoms with Crippen molar-refractivity contribution in [2.45, 2.75) is 73.6 Å². The minimum atomic E-state index is 0.389. The third-order valence-corrected chi connectivity index (χ3v) is 5.03. The zero-order valence-corrected chi connectivity index (χ0v) is 14.3. The molecule has 0 aliphatic carbocycles. The largest absolute Gasteiger partial charge is 0.309 e. The van der Waals surface area contributed by atoms with Crippen molar-refractivity contribution in [3.8, 4) is 0 Å². The Morgan fingerprint density at radius 3 is 1.94 bits per heavy atom. The van der Waals surface area contributed by atoms with E-state index >= 15 is 0 Å². The third-order valence-electron chi connectivity index (χ3n) is 5.03. The van der Waals surface area contributed by atoms with Crippen molar-refractivity contribution >= 4 is 0 Å². The van der Waals surface area contributed by atoms with Crippen LogP contribution >= 0.6 is 0 Å². The number of hydrogen-bond acceptors (Lipinski definition) is 1. The third kappa shape index (κ3) is 5.30. The number of rotatable bonds is 9. The van der Waals surface area contributed by atoms with Gasteiger partial charge in [-0.1, -0.05) is 60.8 Å². The Bertz CT molecular complexity index is 220. The van der Waals surface area contributed by atoms with E-state index in [4.69, 9.17) is 0 Å². The molecule has 0 aromatic carbocycles. The summed E-state index contributed by atoms with van der Waals surface area (Å²) in [6.07, 6.45) is 6.72. The molecule has 1 heteroatoms. The van der Waals surface area contributed by atoms with Gasteiger partial charge in [-0.2, -0.15) is 0 Å². The molecule has 0 N–H and O–H groups in total. The van der Waals surface area contributed by atoms with Crippen LogP contribution in [0.25, 0.3) is 0 Å². The molecule has 0 saturated heterocycles. The lowest BCUT2D eigenvalue weighted by Gasteiger charge is -2.47. The predicted octanol–water partition coefficient (Wildman–Crippen LogP) is 5.21. The average molecular weight is 255 g/mol. The normalized spacial score (nSPS) is 17.8. The molecule has 0 aromatic rings. The molecular formula is C17H37N. The fourth-order valence-electron chi connectivity index (χ4n) is 3.10. The van der Waals surface area contributed by atoms with Gasteiger partial charge in [0.2, 0.25) is 0 Å². The van der Waals surface area contributed by atoms with Gasteiger partial charge < -0.3 is 4.90 Å². The van der Waals surface area contributed by atoms with E-state index in [1.807, 2.05) is 0 Å². The standard InChI is InChI=1S/C17H37N/c1-9-12-17(6,13-11-15(3)10-2)16(4,5)14-18(7)8/h15H,9-14H2,1-8H3. The molecule has 0 aliphatic rings. The molecule has 1 nitrogen and oxygen atoms in total. The maximum atomic E-state index is 2.52. The monoisotopic (exact) mass is 255 g/mol. The van der Waals surface area contributed by atoms with Crippen molar-refractivity contribution in [2.24, 2.45) is 16.7 Å². The van der Waals surface area contributed by atoms with Gasteiger partial charge in [0.05, 0.1) is 0 Å². The molecule has 110 valence electrons. The predicted molar refractivity (Wildman–Crippen MR) is 84.0 cm³/mol. The quantitative estimate of drug-likeness (QED) is 0.547. The Morgan fingerprint density at radius 2 is 1.56 bits per heavy atom. The average Bonchev–Trinajstić information content (AvgIpc) is 2.24. The van der Waals surface area contributed by atoms with E-state index in [-0.39, 0.29) is 0 Å². The maximum Gasteiger partial charge on any atom is 0.00318 e. The van der Waals surface area contributed by atoms with E-state index in [1.54, 1.807) is 0 Å². The zero-order valence-electron chi connectivity index (χ0n) is 14.3. The van der Waals surface area contributed by atoms with E-state index in [0.29, 0.717) is 10.8 Å². The number of nitrogens with zero attached hydrogens (tertiary/aromatic N) is 1.